The summed E-state index contributed by atoms with van der Waals surface area (Å²) >= 11 is 0. The Morgan fingerprint density at radius 3 is 2.35 bits per heavy atom. The minimum absolute atomic E-state index is 0.113. The highest BCUT2D eigenvalue weighted by atomic mass is 32.2. The molecule has 1 heterocycles. The van der Waals surface area contributed by atoms with Gasteiger partial charge in [-0.15, -0.1) is 0 Å². The van der Waals surface area contributed by atoms with Crippen LogP contribution in [0.2, 0.25) is 0 Å². The van der Waals surface area contributed by atoms with E-state index in [1.54, 1.807) is 12.1 Å². The van der Waals surface area contributed by atoms with Crippen LogP contribution in [0.15, 0.2) is 41.3 Å². The summed E-state index contributed by atoms with van der Waals surface area (Å²) in [5.74, 6) is -0.333. The van der Waals surface area contributed by atoms with Crippen molar-refractivity contribution in [3.05, 3.63) is 47.8 Å². The number of nitrogens with zero attached hydrogens (tertiary/aromatic N) is 1. The van der Waals surface area contributed by atoms with Crippen molar-refractivity contribution >= 4 is 21.6 Å². The van der Waals surface area contributed by atoms with Crippen LogP contribution in [0.5, 0.6) is 11.5 Å². The molecule has 1 aliphatic heterocycles. The first-order valence-corrected chi connectivity index (χ1v) is 11.4. The highest BCUT2D eigenvalue weighted by Crippen LogP contribution is 2.31. The lowest BCUT2D eigenvalue weighted by atomic mass is 9.94. The minimum Gasteiger partial charge on any atom is -0.497 e. The number of ether oxygens (including phenoxy) is 2. The fraction of sp³-hybridized carbons (Fsp3) is 0.409. The lowest BCUT2D eigenvalue weighted by Gasteiger charge is -2.34. The zero-order valence-corrected chi connectivity index (χ0v) is 18.8. The third kappa shape index (κ3) is 4.99. The average molecular weight is 451 g/mol. The van der Waals surface area contributed by atoms with Gasteiger partial charge in [0.05, 0.1) is 30.4 Å². The van der Waals surface area contributed by atoms with Crippen molar-refractivity contribution in [1.82, 2.24) is 4.31 Å². The zero-order valence-electron chi connectivity index (χ0n) is 18.0. The Balaban J connectivity index is 1.92. The van der Waals surface area contributed by atoms with Crippen LogP contribution >= 0.6 is 0 Å². The topological polar surface area (TPSA) is 84.9 Å². The second-order valence-electron chi connectivity index (χ2n) is 7.93. The third-order valence-electron chi connectivity index (χ3n) is 5.31. The molecule has 7 nitrogen and oxygen atoms in total. The molecule has 2 aromatic carbocycles. The smallest absolute Gasteiger partial charge is 0.258 e. The number of benzene rings is 2. The van der Waals surface area contributed by atoms with Crippen molar-refractivity contribution < 1.29 is 27.1 Å². The normalized spacial score (nSPS) is 19.6. The minimum atomic E-state index is -3.86. The van der Waals surface area contributed by atoms with Crippen LogP contribution < -0.4 is 14.8 Å². The molecule has 3 rings (SSSR count). The third-order valence-corrected chi connectivity index (χ3v) is 7.14. The molecule has 0 aliphatic carbocycles. The summed E-state index contributed by atoms with van der Waals surface area (Å²) in [5.41, 5.74) is -0.0951. The summed E-state index contributed by atoms with van der Waals surface area (Å²) < 4.78 is 52.5. The molecule has 1 fully saturated rings. The molecule has 2 atom stereocenters. The molecule has 0 bridgehead atoms. The van der Waals surface area contributed by atoms with E-state index >= 15 is 0 Å². The fourth-order valence-electron chi connectivity index (χ4n) is 3.89. The Hall–Kier alpha value is -2.65. The summed E-state index contributed by atoms with van der Waals surface area (Å²) in [6, 6.07) is 8.06. The van der Waals surface area contributed by atoms with E-state index in [2.05, 4.69) is 5.32 Å². The molecule has 1 N–H and O–H groups in total. The van der Waals surface area contributed by atoms with E-state index < -0.39 is 21.7 Å². The van der Waals surface area contributed by atoms with Crippen LogP contribution in [-0.4, -0.2) is 45.9 Å². The summed E-state index contributed by atoms with van der Waals surface area (Å²) in [6.45, 7) is 4.80. The van der Waals surface area contributed by atoms with Crippen molar-refractivity contribution in [2.75, 3.05) is 32.6 Å². The van der Waals surface area contributed by atoms with Gasteiger partial charge in [-0.05, 0) is 48.6 Å². The van der Waals surface area contributed by atoms with Crippen LogP contribution in [0.25, 0.3) is 0 Å². The van der Waals surface area contributed by atoms with E-state index in [9.17, 15) is 17.6 Å². The first kappa shape index (κ1) is 23.0. The first-order chi connectivity index (χ1) is 14.6. The standard InChI is InChI=1S/C22H27FN2O5S/c1-14-9-15(2)13-25(12-14)31(27,28)17-6-7-19(23)18(11-17)22(26)24-20-10-16(29-3)5-8-21(20)30-4/h5-8,10-11,14-15H,9,12-13H2,1-4H3,(H,24,26). The number of sulfonamides is 1. The Kier molecular flexibility index (Phi) is 6.86. The quantitative estimate of drug-likeness (QED) is 0.724. The summed E-state index contributed by atoms with van der Waals surface area (Å²) in [6.07, 6.45) is 0.950. The molecule has 31 heavy (non-hydrogen) atoms. The van der Waals surface area contributed by atoms with Gasteiger partial charge in [-0.2, -0.15) is 4.31 Å². The van der Waals surface area contributed by atoms with Crippen molar-refractivity contribution in [3.63, 3.8) is 0 Å². The van der Waals surface area contributed by atoms with E-state index in [1.807, 2.05) is 13.8 Å². The highest BCUT2D eigenvalue weighted by molar-refractivity contribution is 7.89. The van der Waals surface area contributed by atoms with Gasteiger partial charge in [-0.25, -0.2) is 12.8 Å². The molecular weight excluding hydrogens is 423 g/mol. The fourth-order valence-corrected chi connectivity index (χ4v) is 5.60. The zero-order chi connectivity index (χ0) is 22.8. The molecule has 168 valence electrons. The van der Waals surface area contributed by atoms with Gasteiger partial charge in [0.15, 0.2) is 0 Å². The largest absolute Gasteiger partial charge is 0.497 e. The number of piperidine rings is 1. The maximum Gasteiger partial charge on any atom is 0.258 e. The lowest BCUT2D eigenvalue weighted by Crippen LogP contribution is -2.42. The number of methoxy groups -OCH3 is 2. The Morgan fingerprint density at radius 2 is 1.74 bits per heavy atom. The second-order valence-corrected chi connectivity index (χ2v) is 9.87. The number of halogens is 1. The van der Waals surface area contributed by atoms with E-state index in [0.717, 1.165) is 18.6 Å². The van der Waals surface area contributed by atoms with E-state index in [1.165, 1.54) is 30.7 Å². The van der Waals surface area contributed by atoms with Gasteiger partial charge in [0.1, 0.15) is 17.3 Å². The Bertz CT molecular complexity index is 1060. The predicted molar refractivity (Wildman–Crippen MR) is 116 cm³/mol. The van der Waals surface area contributed by atoms with Gasteiger partial charge in [-0.3, -0.25) is 4.79 Å². The van der Waals surface area contributed by atoms with Crippen molar-refractivity contribution in [2.24, 2.45) is 11.8 Å². The van der Waals surface area contributed by atoms with Gasteiger partial charge in [0.2, 0.25) is 10.0 Å². The number of rotatable bonds is 6. The van der Waals surface area contributed by atoms with Gasteiger partial charge >= 0.3 is 0 Å². The van der Waals surface area contributed by atoms with Gasteiger partial charge in [-0.1, -0.05) is 13.8 Å². The number of hydrogen-bond donors (Lipinski definition) is 1. The molecule has 1 amide bonds. The number of carbonyl (C=O) groups excluding carboxylic acids is 1. The van der Waals surface area contributed by atoms with Gasteiger partial charge < -0.3 is 14.8 Å². The molecule has 0 aromatic heterocycles. The van der Waals surface area contributed by atoms with E-state index in [0.29, 0.717) is 24.6 Å². The van der Waals surface area contributed by atoms with Crippen LogP contribution in [0.3, 0.4) is 0 Å². The maximum atomic E-state index is 14.5. The SMILES string of the molecule is COc1ccc(OC)c(NC(=O)c2cc(S(=O)(=O)N3CC(C)CC(C)C3)ccc2F)c1. The molecule has 0 spiro atoms. The molecular formula is C22H27FN2O5S. The molecule has 2 unspecified atom stereocenters. The summed E-state index contributed by atoms with van der Waals surface area (Å²) in [7, 11) is -0.943. The maximum absolute atomic E-state index is 14.5. The van der Waals surface area contributed by atoms with Gasteiger partial charge in [0, 0.05) is 19.2 Å². The summed E-state index contributed by atoms with van der Waals surface area (Å²) in [5, 5.41) is 2.57. The Morgan fingerprint density at radius 1 is 1.06 bits per heavy atom. The van der Waals surface area contributed by atoms with Crippen molar-refractivity contribution in [3.8, 4) is 11.5 Å². The number of nitrogens with one attached hydrogen (secondary N) is 1. The Labute approximate surface area is 182 Å². The molecule has 9 heteroatoms. The predicted octanol–water partition coefficient (Wildman–Crippen LogP) is 3.76. The van der Waals surface area contributed by atoms with Gasteiger partial charge in [0.25, 0.3) is 5.91 Å². The van der Waals surface area contributed by atoms with Crippen molar-refractivity contribution in [1.29, 1.82) is 0 Å². The number of hydrogen-bond acceptors (Lipinski definition) is 5. The second kappa shape index (κ2) is 9.23. The van der Waals surface area contributed by atoms with Crippen LogP contribution in [0, 0.1) is 17.7 Å². The number of carbonyl (C=O) groups is 1. The average Bonchev–Trinajstić information content (AvgIpc) is 2.73. The van der Waals surface area contributed by atoms with Crippen LogP contribution in [0.4, 0.5) is 10.1 Å². The van der Waals surface area contributed by atoms with Crippen LogP contribution in [0.1, 0.15) is 30.6 Å². The molecule has 1 saturated heterocycles. The molecule has 0 saturated carbocycles. The lowest BCUT2D eigenvalue weighted by molar-refractivity contribution is 0.102. The monoisotopic (exact) mass is 450 g/mol. The molecule has 2 aromatic rings. The first-order valence-electron chi connectivity index (χ1n) is 9.98. The van der Waals surface area contributed by atoms with E-state index in [4.69, 9.17) is 9.47 Å². The number of amides is 1. The van der Waals surface area contributed by atoms with Crippen molar-refractivity contribution in [2.45, 2.75) is 25.2 Å². The molecule has 0 radical (unpaired) electrons. The van der Waals surface area contributed by atoms with Crippen LogP contribution in [-0.2, 0) is 10.0 Å². The highest BCUT2D eigenvalue weighted by Gasteiger charge is 2.32. The van der Waals surface area contributed by atoms with E-state index in [-0.39, 0.29) is 28.0 Å². The number of anilines is 1. The summed E-state index contributed by atoms with van der Waals surface area (Å²) in [4.78, 5) is 12.7. The molecule has 1 aliphatic rings.